The minimum atomic E-state index is 0.275. The Bertz CT molecular complexity index is 129. The van der Waals surface area contributed by atoms with E-state index in [0.29, 0.717) is 5.25 Å². The molecule has 0 saturated carbocycles. The number of rotatable bonds is 0. The molecule has 0 aromatic rings. The van der Waals surface area contributed by atoms with Gasteiger partial charge in [0.25, 0.3) is 0 Å². The molecule has 1 aliphatic rings. The summed E-state index contributed by atoms with van der Waals surface area (Å²) in [6, 6.07) is 0. The molecule has 0 N–H and O–H groups in total. The fourth-order valence-electron chi connectivity index (χ4n) is 1.01. The van der Waals surface area contributed by atoms with Crippen LogP contribution in [0, 0.1) is 0 Å². The largest absolute Gasteiger partial charge is 0.295 e. The van der Waals surface area contributed by atoms with Crippen LogP contribution in [0.25, 0.3) is 0 Å². The molecule has 2 heteroatoms. The normalized spacial score (nSPS) is 32.6. The van der Waals surface area contributed by atoms with Gasteiger partial charge in [0, 0.05) is 16.2 Å². The predicted octanol–water partition coefficient (Wildman–Crippen LogP) is 1.97. The van der Waals surface area contributed by atoms with Crippen LogP contribution in [-0.2, 0) is 0 Å². The molecule has 1 aliphatic heterocycles. The van der Waals surface area contributed by atoms with Gasteiger partial charge in [0.2, 0.25) is 0 Å². The summed E-state index contributed by atoms with van der Waals surface area (Å²) in [4.78, 5) is 4.27. The average molecular weight is 143 g/mol. The first-order chi connectivity index (χ1) is 4.10. The van der Waals surface area contributed by atoms with Crippen molar-refractivity contribution in [2.45, 2.75) is 30.8 Å². The van der Waals surface area contributed by atoms with Crippen LogP contribution < -0.4 is 0 Å². The topological polar surface area (TPSA) is 12.4 Å². The van der Waals surface area contributed by atoms with Crippen molar-refractivity contribution in [1.29, 1.82) is 0 Å². The van der Waals surface area contributed by atoms with E-state index < -0.39 is 0 Å². The standard InChI is InChI=1S/C7H13NS/c1-6-4-8-5-7(2,3)9-6/h5-6H,4H2,1-3H3. The van der Waals surface area contributed by atoms with Gasteiger partial charge < -0.3 is 0 Å². The smallest absolute Gasteiger partial charge is 0.0502 e. The highest BCUT2D eigenvalue weighted by atomic mass is 32.2. The summed E-state index contributed by atoms with van der Waals surface area (Å²) in [5, 5.41) is 0.699. The van der Waals surface area contributed by atoms with Crippen molar-refractivity contribution in [2.75, 3.05) is 6.54 Å². The van der Waals surface area contributed by atoms with Crippen molar-refractivity contribution in [3.05, 3.63) is 0 Å². The molecule has 0 bridgehead atoms. The molecule has 0 aromatic heterocycles. The van der Waals surface area contributed by atoms with E-state index in [9.17, 15) is 0 Å². The maximum atomic E-state index is 4.27. The molecule has 0 aromatic carbocycles. The highest BCUT2D eigenvalue weighted by Gasteiger charge is 2.22. The third-order valence-electron chi connectivity index (χ3n) is 1.27. The molecular weight excluding hydrogens is 130 g/mol. The van der Waals surface area contributed by atoms with Crippen LogP contribution in [0.5, 0.6) is 0 Å². The van der Waals surface area contributed by atoms with Crippen LogP contribution in [0.3, 0.4) is 0 Å². The summed E-state index contributed by atoms with van der Waals surface area (Å²) in [5.41, 5.74) is 0. The molecule has 1 nitrogen and oxygen atoms in total. The molecule has 1 heterocycles. The van der Waals surface area contributed by atoms with Crippen LogP contribution in [-0.4, -0.2) is 22.8 Å². The van der Waals surface area contributed by atoms with Gasteiger partial charge in [-0.05, 0) is 13.8 Å². The predicted molar refractivity (Wildman–Crippen MR) is 44.5 cm³/mol. The quantitative estimate of drug-likeness (QED) is 0.505. The fraction of sp³-hybridized carbons (Fsp3) is 0.857. The zero-order valence-electron chi connectivity index (χ0n) is 6.22. The van der Waals surface area contributed by atoms with Gasteiger partial charge in [-0.25, -0.2) is 0 Å². The Labute approximate surface area is 60.9 Å². The first kappa shape index (κ1) is 7.13. The van der Waals surface area contributed by atoms with Gasteiger partial charge in [0.15, 0.2) is 0 Å². The first-order valence-electron chi connectivity index (χ1n) is 3.29. The number of hydrogen-bond acceptors (Lipinski definition) is 2. The van der Waals surface area contributed by atoms with E-state index in [2.05, 4.69) is 32.0 Å². The monoisotopic (exact) mass is 143 g/mol. The minimum Gasteiger partial charge on any atom is -0.295 e. The lowest BCUT2D eigenvalue weighted by atomic mass is 10.2. The Balaban J connectivity index is 2.60. The number of aliphatic imine (C=N–C) groups is 1. The number of thioether (sulfide) groups is 1. The van der Waals surface area contributed by atoms with E-state index in [4.69, 9.17) is 0 Å². The lowest BCUT2D eigenvalue weighted by molar-refractivity contribution is 0.865. The van der Waals surface area contributed by atoms with E-state index in [-0.39, 0.29) is 4.75 Å². The molecule has 1 unspecified atom stereocenters. The zero-order chi connectivity index (χ0) is 6.91. The van der Waals surface area contributed by atoms with E-state index in [1.807, 2.05) is 11.8 Å². The van der Waals surface area contributed by atoms with Gasteiger partial charge in [-0.2, -0.15) is 0 Å². The first-order valence-corrected chi connectivity index (χ1v) is 4.17. The second kappa shape index (κ2) is 2.33. The molecule has 0 radical (unpaired) electrons. The van der Waals surface area contributed by atoms with Crippen LogP contribution in [0.2, 0.25) is 0 Å². The maximum Gasteiger partial charge on any atom is 0.0502 e. The van der Waals surface area contributed by atoms with Crippen molar-refractivity contribution in [3.63, 3.8) is 0 Å². The van der Waals surface area contributed by atoms with Gasteiger partial charge in [0.1, 0.15) is 0 Å². The molecule has 0 saturated heterocycles. The van der Waals surface area contributed by atoms with Crippen LogP contribution in [0.15, 0.2) is 4.99 Å². The summed E-state index contributed by atoms with van der Waals surface area (Å²) in [7, 11) is 0. The van der Waals surface area contributed by atoms with Crippen LogP contribution >= 0.6 is 11.8 Å². The number of hydrogen-bond donors (Lipinski definition) is 0. The van der Waals surface area contributed by atoms with Crippen molar-refractivity contribution >= 4 is 18.0 Å². The lowest BCUT2D eigenvalue weighted by Gasteiger charge is -2.26. The highest BCUT2D eigenvalue weighted by Crippen LogP contribution is 2.29. The van der Waals surface area contributed by atoms with Crippen molar-refractivity contribution in [2.24, 2.45) is 4.99 Å². The van der Waals surface area contributed by atoms with Crippen LogP contribution in [0.4, 0.5) is 0 Å². The average Bonchev–Trinajstić information content (AvgIpc) is 1.60. The Kier molecular flexibility index (Phi) is 1.85. The Morgan fingerprint density at radius 2 is 2.33 bits per heavy atom. The molecular formula is C7H13NS. The Hall–Kier alpha value is 0.0200. The fourth-order valence-corrected chi connectivity index (χ4v) is 2.34. The maximum absolute atomic E-state index is 4.27. The van der Waals surface area contributed by atoms with E-state index in [1.54, 1.807) is 0 Å². The summed E-state index contributed by atoms with van der Waals surface area (Å²) in [6.07, 6.45) is 2.05. The highest BCUT2D eigenvalue weighted by molar-refractivity contribution is 8.01. The SMILES string of the molecule is CC1CN=CC(C)(C)S1. The van der Waals surface area contributed by atoms with Gasteiger partial charge >= 0.3 is 0 Å². The molecule has 0 spiro atoms. The summed E-state index contributed by atoms with van der Waals surface area (Å²) in [6.45, 7) is 7.63. The lowest BCUT2D eigenvalue weighted by Crippen LogP contribution is -2.26. The minimum absolute atomic E-state index is 0.275. The Morgan fingerprint density at radius 1 is 1.67 bits per heavy atom. The van der Waals surface area contributed by atoms with Gasteiger partial charge in [-0.3, -0.25) is 4.99 Å². The second-order valence-corrected chi connectivity index (χ2v) is 5.12. The summed E-state index contributed by atoms with van der Waals surface area (Å²) < 4.78 is 0.275. The van der Waals surface area contributed by atoms with Gasteiger partial charge in [-0.1, -0.05) is 6.92 Å². The van der Waals surface area contributed by atoms with Gasteiger partial charge in [0.05, 0.1) is 6.54 Å². The van der Waals surface area contributed by atoms with E-state index in [0.717, 1.165) is 6.54 Å². The molecule has 0 fully saturated rings. The molecule has 0 aliphatic carbocycles. The molecule has 1 atom stereocenters. The summed E-state index contributed by atoms with van der Waals surface area (Å²) >= 11 is 1.99. The number of nitrogens with zero attached hydrogens (tertiary/aromatic N) is 1. The van der Waals surface area contributed by atoms with Crippen molar-refractivity contribution in [3.8, 4) is 0 Å². The summed E-state index contributed by atoms with van der Waals surface area (Å²) in [5.74, 6) is 0. The van der Waals surface area contributed by atoms with Crippen molar-refractivity contribution < 1.29 is 0 Å². The van der Waals surface area contributed by atoms with E-state index in [1.165, 1.54) is 0 Å². The van der Waals surface area contributed by atoms with E-state index >= 15 is 0 Å². The molecule has 0 amide bonds. The molecule has 1 rings (SSSR count). The zero-order valence-corrected chi connectivity index (χ0v) is 7.03. The molecule has 52 valence electrons. The third kappa shape index (κ3) is 2.01. The Morgan fingerprint density at radius 3 is 2.67 bits per heavy atom. The third-order valence-corrected chi connectivity index (χ3v) is 2.53. The van der Waals surface area contributed by atoms with Crippen LogP contribution in [0.1, 0.15) is 20.8 Å². The van der Waals surface area contributed by atoms with Gasteiger partial charge in [-0.15, -0.1) is 11.8 Å². The molecule has 9 heavy (non-hydrogen) atoms. The second-order valence-electron chi connectivity index (χ2n) is 3.03. The van der Waals surface area contributed by atoms with Crippen molar-refractivity contribution in [1.82, 2.24) is 0 Å².